The highest BCUT2D eigenvalue weighted by Gasteiger charge is 2.12. The fraction of sp³-hybridized carbons (Fsp3) is 0.571. The van der Waals surface area contributed by atoms with Gasteiger partial charge in [-0.25, -0.2) is 0 Å². The topological polar surface area (TPSA) is 15.3 Å². The van der Waals surface area contributed by atoms with Gasteiger partial charge in [-0.1, -0.05) is 43.1 Å². The van der Waals surface area contributed by atoms with E-state index in [0.717, 1.165) is 26.1 Å². The lowest BCUT2D eigenvalue weighted by Crippen LogP contribution is -2.28. The zero-order valence-corrected chi connectivity index (χ0v) is 12.9. The number of benzene rings is 1. The summed E-state index contributed by atoms with van der Waals surface area (Å²) in [5.41, 5.74) is 1.19. The third-order valence-electron chi connectivity index (χ3n) is 3.32. The van der Waals surface area contributed by atoms with Crippen LogP contribution in [0.25, 0.3) is 0 Å². The molecule has 1 aromatic rings. The Morgan fingerprint density at radius 2 is 1.83 bits per heavy atom. The monoisotopic (exact) mass is 288 g/mol. The van der Waals surface area contributed by atoms with Gasteiger partial charge < -0.3 is 10.2 Å². The van der Waals surface area contributed by atoms with E-state index in [1.807, 2.05) is 25.2 Å². The highest BCUT2D eigenvalue weighted by atomic mass is 35.5. The van der Waals surface area contributed by atoms with Crippen molar-refractivity contribution in [2.24, 2.45) is 0 Å². The molecule has 0 aromatic heterocycles. The van der Waals surface area contributed by atoms with Crippen molar-refractivity contribution in [2.75, 3.05) is 26.7 Å². The molecule has 1 atom stereocenters. The van der Waals surface area contributed by atoms with Crippen LogP contribution in [0, 0.1) is 0 Å². The number of hydrogen-bond acceptors (Lipinski definition) is 2. The van der Waals surface area contributed by atoms with E-state index in [4.69, 9.17) is 23.2 Å². The van der Waals surface area contributed by atoms with Gasteiger partial charge in [0.05, 0.1) is 10.0 Å². The van der Waals surface area contributed by atoms with Gasteiger partial charge in [0.15, 0.2) is 0 Å². The Morgan fingerprint density at radius 1 is 1.17 bits per heavy atom. The van der Waals surface area contributed by atoms with Gasteiger partial charge in [0, 0.05) is 6.04 Å². The Labute approximate surface area is 120 Å². The molecule has 1 N–H and O–H groups in total. The minimum absolute atomic E-state index is 0.320. The minimum atomic E-state index is 0.320. The van der Waals surface area contributed by atoms with Crippen LogP contribution in [0.5, 0.6) is 0 Å². The van der Waals surface area contributed by atoms with Gasteiger partial charge in [0.25, 0.3) is 0 Å². The molecule has 0 saturated heterocycles. The summed E-state index contributed by atoms with van der Waals surface area (Å²) in [6.45, 7) is 7.65. The molecule has 0 radical (unpaired) electrons. The standard InChI is InChI=1S/C14H22Cl2N2/c1-4-18(5-2)9-8-14(17-3)11-6-7-12(15)13(16)10-11/h6-7,10,14,17H,4-5,8-9H2,1-3H3. The maximum atomic E-state index is 6.06. The van der Waals surface area contributed by atoms with Crippen LogP contribution in [0.2, 0.25) is 10.0 Å². The average molecular weight is 289 g/mol. The highest BCUT2D eigenvalue weighted by Crippen LogP contribution is 2.26. The molecule has 4 heteroatoms. The summed E-state index contributed by atoms with van der Waals surface area (Å²) < 4.78 is 0. The van der Waals surface area contributed by atoms with E-state index in [1.165, 1.54) is 5.56 Å². The number of rotatable bonds is 7. The van der Waals surface area contributed by atoms with Crippen molar-refractivity contribution in [3.05, 3.63) is 33.8 Å². The predicted octanol–water partition coefficient (Wildman–Crippen LogP) is 3.99. The fourth-order valence-electron chi connectivity index (χ4n) is 2.06. The fourth-order valence-corrected chi connectivity index (χ4v) is 2.36. The molecule has 0 bridgehead atoms. The van der Waals surface area contributed by atoms with E-state index in [9.17, 15) is 0 Å². The van der Waals surface area contributed by atoms with Gasteiger partial charge in [0.2, 0.25) is 0 Å². The van der Waals surface area contributed by atoms with Crippen LogP contribution < -0.4 is 5.32 Å². The Hall–Kier alpha value is -0.280. The lowest BCUT2D eigenvalue weighted by atomic mass is 10.0. The summed E-state index contributed by atoms with van der Waals surface area (Å²) >= 11 is 12.0. The molecule has 1 rings (SSSR count). The van der Waals surface area contributed by atoms with Crippen LogP contribution in [-0.2, 0) is 0 Å². The quantitative estimate of drug-likeness (QED) is 0.816. The second-order valence-corrected chi connectivity index (χ2v) is 5.14. The Morgan fingerprint density at radius 3 is 2.33 bits per heavy atom. The molecule has 1 unspecified atom stereocenters. The molecule has 0 aliphatic heterocycles. The number of nitrogens with zero attached hydrogens (tertiary/aromatic N) is 1. The molecule has 102 valence electrons. The lowest BCUT2D eigenvalue weighted by Gasteiger charge is -2.23. The molecule has 0 aliphatic carbocycles. The van der Waals surface area contributed by atoms with Crippen molar-refractivity contribution >= 4 is 23.2 Å². The number of halogens is 2. The first kappa shape index (κ1) is 15.8. The molecular formula is C14H22Cl2N2. The molecule has 2 nitrogen and oxygen atoms in total. The molecule has 0 amide bonds. The second kappa shape index (κ2) is 8.00. The summed E-state index contributed by atoms with van der Waals surface area (Å²) in [5.74, 6) is 0. The summed E-state index contributed by atoms with van der Waals surface area (Å²) in [6.07, 6.45) is 1.07. The largest absolute Gasteiger partial charge is 0.313 e. The number of hydrogen-bond donors (Lipinski definition) is 1. The van der Waals surface area contributed by atoms with Crippen LogP contribution in [0.4, 0.5) is 0 Å². The van der Waals surface area contributed by atoms with Gasteiger partial charge in [-0.05, 0) is 50.8 Å². The molecule has 0 heterocycles. The molecule has 0 saturated carbocycles. The van der Waals surface area contributed by atoms with E-state index in [-0.39, 0.29) is 0 Å². The van der Waals surface area contributed by atoms with Crippen molar-refractivity contribution in [3.8, 4) is 0 Å². The normalized spacial score (nSPS) is 13.0. The molecule has 18 heavy (non-hydrogen) atoms. The van der Waals surface area contributed by atoms with Gasteiger partial charge in [-0.15, -0.1) is 0 Å². The first-order valence-corrected chi connectivity index (χ1v) is 7.22. The van der Waals surface area contributed by atoms with Crippen molar-refractivity contribution in [1.82, 2.24) is 10.2 Å². The summed E-state index contributed by atoms with van der Waals surface area (Å²) in [5, 5.41) is 4.57. The van der Waals surface area contributed by atoms with E-state index >= 15 is 0 Å². The van der Waals surface area contributed by atoms with Crippen LogP contribution in [-0.4, -0.2) is 31.6 Å². The van der Waals surface area contributed by atoms with E-state index in [1.54, 1.807) is 0 Å². The van der Waals surface area contributed by atoms with Crippen LogP contribution >= 0.6 is 23.2 Å². The van der Waals surface area contributed by atoms with Gasteiger partial charge in [-0.3, -0.25) is 0 Å². The smallest absolute Gasteiger partial charge is 0.0595 e. The number of nitrogens with one attached hydrogen (secondary N) is 1. The molecule has 0 spiro atoms. The summed E-state index contributed by atoms with van der Waals surface area (Å²) in [4.78, 5) is 2.42. The molecule has 0 fully saturated rings. The maximum absolute atomic E-state index is 6.06. The van der Waals surface area contributed by atoms with E-state index in [0.29, 0.717) is 16.1 Å². The van der Waals surface area contributed by atoms with Crippen LogP contribution in [0.3, 0.4) is 0 Å². The molecule has 0 aliphatic rings. The summed E-state index contributed by atoms with van der Waals surface area (Å²) in [7, 11) is 1.98. The first-order chi connectivity index (χ1) is 8.62. The SMILES string of the molecule is CCN(CC)CCC(NC)c1ccc(Cl)c(Cl)c1. The zero-order valence-electron chi connectivity index (χ0n) is 11.3. The maximum Gasteiger partial charge on any atom is 0.0595 e. The Kier molecular flexibility index (Phi) is 7.02. The van der Waals surface area contributed by atoms with Crippen molar-refractivity contribution in [1.29, 1.82) is 0 Å². The minimum Gasteiger partial charge on any atom is -0.313 e. The van der Waals surface area contributed by atoms with Gasteiger partial charge in [-0.2, -0.15) is 0 Å². The van der Waals surface area contributed by atoms with Crippen molar-refractivity contribution < 1.29 is 0 Å². The van der Waals surface area contributed by atoms with Crippen LogP contribution in [0.15, 0.2) is 18.2 Å². The van der Waals surface area contributed by atoms with Crippen molar-refractivity contribution in [3.63, 3.8) is 0 Å². The van der Waals surface area contributed by atoms with Gasteiger partial charge >= 0.3 is 0 Å². The summed E-state index contributed by atoms with van der Waals surface area (Å²) in [6, 6.07) is 6.17. The van der Waals surface area contributed by atoms with Crippen molar-refractivity contribution in [2.45, 2.75) is 26.3 Å². The van der Waals surface area contributed by atoms with E-state index < -0.39 is 0 Å². The van der Waals surface area contributed by atoms with Gasteiger partial charge in [0.1, 0.15) is 0 Å². The van der Waals surface area contributed by atoms with Crippen LogP contribution in [0.1, 0.15) is 31.9 Å². The molecule has 1 aromatic carbocycles. The third-order valence-corrected chi connectivity index (χ3v) is 4.06. The molecular weight excluding hydrogens is 267 g/mol. The first-order valence-electron chi connectivity index (χ1n) is 6.46. The lowest BCUT2D eigenvalue weighted by molar-refractivity contribution is 0.284. The average Bonchev–Trinajstić information content (AvgIpc) is 2.38. The Balaban J connectivity index is 2.67. The second-order valence-electron chi connectivity index (χ2n) is 4.33. The van der Waals surface area contributed by atoms with E-state index in [2.05, 4.69) is 24.1 Å². The third kappa shape index (κ3) is 4.43. The predicted molar refractivity (Wildman–Crippen MR) is 80.7 cm³/mol. The zero-order chi connectivity index (χ0) is 13.5. The Bertz CT molecular complexity index is 365. The highest BCUT2D eigenvalue weighted by molar-refractivity contribution is 6.42.